The van der Waals surface area contributed by atoms with Crippen molar-refractivity contribution in [2.24, 2.45) is 0 Å². The first-order valence-corrected chi connectivity index (χ1v) is 10.6. The monoisotopic (exact) mass is 380 g/mol. The van der Waals surface area contributed by atoms with Crippen molar-refractivity contribution in [3.05, 3.63) is 72.8 Å². The van der Waals surface area contributed by atoms with E-state index in [1.807, 2.05) is 24.3 Å². The summed E-state index contributed by atoms with van der Waals surface area (Å²) in [6.45, 7) is 0. The van der Waals surface area contributed by atoms with Crippen molar-refractivity contribution in [2.45, 2.75) is 0 Å². The summed E-state index contributed by atoms with van der Waals surface area (Å²) in [4.78, 5) is 0. The van der Waals surface area contributed by atoms with E-state index in [9.17, 15) is 0 Å². The number of hydrogen-bond acceptors (Lipinski definition) is 2. The van der Waals surface area contributed by atoms with Crippen LogP contribution in [0.1, 0.15) is 0 Å². The molecule has 0 amide bonds. The molecule has 0 spiro atoms. The smallest absolute Gasteiger partial charge is 0.119 e. The molecule has 4 aromatic rings. The van der Waals surface area contributed by atoms with E-state index < -0.39 is 7.27 Å². The molecular formula is C22H18ClO2P. The lowest BCUT2D eigenvalue weighted by Gasteiger charge is -2.16. The molecule has 0 saturated heterocycles. The maximum atomic E-state index is 7.04. The maximum Gasteiger partial charge on any atom is 0.119 e. The molecule has 0 saturated carbocycles. The van der Waals surface area contributed by atoms with E-state index in [0.29, 0.717) is 0 Å². The van der Waals surface area contributed by atoms with Crippen LogP contribution in [0, 0.1) is 0 Å². The second kappa shape index (κ2) is 7.15. The summed E-state index contributed by atoms with van der Waals surface area (Å²) in [6, 6.07) is 24.8. The van der Waals surface area contributed by atoms with Crippen LogP contribution in [-0.4, -0.2) is 14.2 Å². The number of halogens is 1. The average molecular weight is 381 g/mol. The van der Waals surface area contributed by atoms with Crippen LogP contribution < -0.4 is 20.1 Å². The Bertz CT molecular complexity index is 1010. The average Bonchev–Trinajstić information content (AvgIpc) is 2.71. The van der Waals surface area contributed by atoms with Gasteiger partial charge in [0.1, 0.15) is 11.5 Å². The van der Waals surface area contributed by atoms with Gasteiger partial charge in [-0.2, -0.15) is 0 Å². The summed E-state index contributed by atoms with van der Waals surface area (Å²) < 4.78 is 10.7. The zero-order valence-corrected chi connectivity index (χ0v) is 16.2. The fourth-order valence-electron chi connectivity index (χ4n) is 3.22. The van der Waals surface area contributed by atoms with Gasteiger partial charge in [-0.3, -0.25) is 0 Å². The topological polar surface area (TPSA) is 18.5 Å². The summed E-state index contributed by atoms with van der Waals surface area (Å²) in [5.41, 5.74) is 0. The number of fused-ring (bicyclic) bond motifs is 2. The van der Waals surface area contributed by atoms with Crippen LogP contribution in [0.4, 0.5) is 0 Å². The summed E-state index contributed by atoms with van der Waals surface area (Å²) in [6.07, 6.45) is 0. The summed E-state index contributed by atoms with van der Waals surface area (Å²) >= 11 is 7.04. The third kappa shape index (κ3) is 3.00. The third-order valence-corrected chi connectivity index (χ3v) is 7.27. The van der Waals surface area contributed by atoms with Crippen molar-refractivity contribution in [2.75, 3.05) is 14.2 Å². The van der Waals surface area contributed by atoms with Gasteiger partial charge in [-0.05, 0) is 45.8 Å². The fraction of sp³-hybridized carbons (Fsp3) is 0.0909. The Balaban J connectivity index is 1.87. The predicted molar refractivity (Wildman–Crippen MR) is 113 cm³/mol. The summed E-state index contributed by atoms with van der Waals surface area (Å²) in [7, 11) is 2.36. The second-order valence-corrected chi connectivity index (χ2v) is 8.55. The first-order chi connectivity index (χ1) is 12.7. The zero-order chi connectivity index (χ0) is 18.1. The lowest BCUT2D eigenvalue weighted by molar-refractivity contribution is 0.415. The van der Waals surface area contributed by atoms with Crippen LogP contribution in [0.3, 0.4) is 0 Å². The highest BCUT2D eigenvalue weighted by Crippen LogP contribution is 2.43. The van der Waals surface area contributed by atoms with Gasteiger partial charge < -0.3 is 9.47 Å². The molecule has 0 radical (unpaired) electrons. The van der Waals surface area contributed by atoms with Crippen molar-refractivity contribution >= 4 is 50.7 Å². The van der Waals surface area contributed by atoms with Crippen molar-refractivity contribution < 1.29 is 9.47 Å². The molecule has 0 heterocycles. The van der Waals surface area contributed by atoms with Crippen molar-refractivity contribution in [3.8, 4) is 11.5 Å². The Morgan fingerprint density at radius 3 is 1.54 bits per heavy atom. The van der Waals surface area contributed by atoms with Gasteiger partial charge in [0.2, 0.25) is 0 Å². The van der Waals surface area contributed by atoms with Gasteiger partial charge in [-0.25, -0.2) is 0 Å². The Morgan fingerprint density at radius 2 is 1.12 bits per heavy atom. The molecule has 0 aliphatic rings. The molecule has 0 aliphatic heterocycles. The van der Waals surface area contributed by atoms with Crippen molar-refractivity contribution in [3.63, 3.8) is 0 Å². The summed E-state index contributed by atoms with van der Waals surface area (Å²) in [5, 5.41) is 6.92. The maximum absolute atomic E-state index is 7.04. The van der Waals surface area contributed by atoms with Crippen LogP contribution in [0.2, 0.25) is 0 Å². The van der Waals surface area contributed by atoms with Gasteiger partial charge in [0.05, 0.1) is 21.5 Å². The normalized spacial score (nSPS) is 11.2. The van der Waals surface area contributed by atoms with Gasteiger partial charge in [0.25, 0.3) is 0 Å². The number of rotatable bonds is 4. The minimum absolute atomic E-state index is 0.853. The molecule has 4 aromatic carbocycles. The molecular weight excluding hydrogens is 363 g/mol. The van der Waals surface area contributed by atoms with Gasteiger partial charge >= 0.3 is 0 Å². The largest absolute Gasteiger partial charge is 0.497 e. The summed E-state index contributed by atoms with van der Waals surface area (Å²) in [5.74, 6) is 1.71. The van der Waals surface area contributed by atoms with Crippen LogP contribution in [0.25, 0.3) is 21.5 Å². The van der Waals surface area contributed by atoms with Crippen molar-refractivity contribution in [1.29, 1.82) is 0 Å². The third-order valence-electron chi connectivity index (χ3n) is 4.55. The van der Waals surface area contributed by atoms with Crippen LogP contribution in [-0.2, 0) is 0 Å². The molecule has 4 heteroatoms. The molecule has 2 nitrogen and oxygen atoms in total. The molecule has 0 unspecified atom stereocenters. The Morgan fingerprint density at radius 1 is 0.654 bits per heavy atom. The van der Waals surface area contributed by atoms with E-state index in [-0.39, 0.29) is 0 Å². The highest BCUT2D eigenvalue weighted by atomic mass is 35.7. The number of methoxy groups -OCH3 is 2. The zero-order valence-electron chi connectivity index (χ0n) is 14.6. The first kappa shape index (κ1) is 17.1. The van der Waals surface area contributed by atoms with Crippen LogP contribution in [0.5, 0.6) is 11.5 Å². The molecule has 0 aliphatic carbocycles. The second-order valence-electron chi connectivity index (χ2n) is 6.01. The molecule has 0 atom stereocenters. The highest BCUT2D eigenvalue weighted by Gasteiger charge is 2.17. The Kier molecular flexibility index (Phi) is 4.72. The van der Waals surface area contributed by atoms with E-state index in [2.05, 4.69) is 48.5 Å². The molecule has 26 heavy (non-hydrogen) atoms. The van der Waals surface area contributed by atoms with E-state index in [0.717, 1.165) is 32.9 Å². The van der Waals surface area contributed by atoms with E-state index >= 15 is 0 Å². The van der Waals surface area contributed by atoms with E-state index in [1.165, 1.54) is 10.8 Å². The van der Waals surface area contributed by atoms with Crippen molar-refractivity contribution in [1.82, 2.24) is 0 Å². The molecule has 4 rings (SSSR count). The molecule has 0 N–H and O–H groups in total. The van der Waals surface area contributed by atoms with E-state index in [4.69, 9.17) is 20.7 Å². The number of benzene rings is 4. The predicted octanol–water partition coefficient (Wildman–Crippen LogP) is 5.60. The lowest BCUT2D eigenvalue weighted by Crippen LogP contribution is -2.10. The number of ether oxygens (including phenoxy) is 2. The first-order valence-electron chi connectivity index (χ1n) is 8.31. The number of hydrogen-bond donors (Lipinski definition) is 0. The fourth-order valence-corrected chi connectivity index (χ4v) is 5.62. The van der Waals surface area contributed by atoms with Gasteiger partial charge in [-0.15, -0.1) is 0 Å². The highest BCUT2D eigenvalue weighted by molar-refractivity contribution is 7.96. The molecule has 130 valence electrons. The molecule has 0 bridgehead atoms. The lowest BCUT2D eigenvalue weighted by atomic mass is 10.1. The van der Waals surface area contributed by atoms with Gasteiger partial charge in [-0.1, -0.05) is 59.8 Å². The minimum Gasteiger partial charge on any atom is -0.497 e. The Hall–Kier alpha value is -2.28. The van der Waals surface area contributed by atoms with Gasteiger partial charge in [0.15, 0.2) is 0 Å². The minimum atomic E-state index is -1.01. The SMILES string of the molecule is COc1ccc2c(P(Cl)c3cccc4cc(OC)ccc34)cccc2c1. The molecule has 0 fully saturated rings. The van der Waals surface area contributed by atoms with Crippen LogP contribution in [0.15, 0.2) is 72.8 Å². The molecule has 0 aromatic heterocycles. The standard InChI is InChI=1S/C22H18ClO2P/c1-24-17-9-11-19-15(13-17)5-3-7-21(19)26(23)22-8-4-6-16-14-18(25-2)10-12-20(16)22/h3-14H,1-2H3. The van der Waals surface area contributed by atoms with Crippen LogP contribution >= 0.6 is 18.5 Å². The Labute approximate surface area is 158 Å². The van der Waals surface area contributed by atoms with E-state index in [1.54, 1.807) is 14.2 Å². The quantitative estimate of drug-likeness (QED) is 0.429. The van der Waals surface area contributed by atoms with Gasteiger partial charge in [0, 0.05) is 10.6 Å².